The normalized spacial score (nSPS) is 12.9. The van der Waals surface area contributed by atoms with Crippen molar-refractivity contribution < 1.29 is 18.0 Å². The molecule has 0 aliphatic rings. The standard InChI is InChI=1S/C29H33Cl2N3O4S/c1-5-21(3)32-29(36)22(4)33(18-23-11-9-10-20(2)16-23)28(35)19-34(27-15-14-24(30)17-26(27)31)39(37,38)25-12-7-6-8-13-25/h6-17,21-22H,5,18-19H2,1-4H3,(H,32,36)/t21-,22+/m0/s1. The first-order chi connectivity index (χ1) is 18.4. The van der Waals surface area contributed by atoms with Gasteiger partial charge in [0.15, 0.2) is 0 Å². The van der Waals surface area contributed by atoms with Crippen LogP contribution in [0.25, 0.3) is 0 Å². The summed E-state index contributed by atoms with van der Waals surface area (Å²) in [6, 6.07) is 18.8. The zero-order valence-electron chi connectivity index (χ0n) is 22.4. The topological polar surface area (TPSA) is 86.8 Å². The number of amides is 2. The highest BCUT2D eigenvalue weighted by molar-refractivity contribution is 7.92. The molecule has 0 fully saturated rings. The molecule has 3 aromatic rings. The van der Waals surface area contributed by atoms with Crippen molar-refractivity contribution in [2.45, 2.75) is 57.6 Å². The van der Waals surface area contributed by atoms with E-state index in [9.17, 15) is 18.0 Å². The summed E-state index contributed by atoms with van der Waals surface area (Å²) in [6.07, 6.45) is 0.725. The van der Waals surface area contributed by atoms with Gasteiger partial charge in [0, 0.05) is 17.6 Å². The smallest absolute Gasteiger partial charge is 0.264 e. The van der Waals surface area contributed by atoms with E-state index in [2.05, 4.69) is 5.32 Å². The van der Waals surface area contributed by atoms with E-state index in [1.165, 1.54) is 35.2 Å². The number of hydrogen-bond acceptors (Lipinski definition) is 4. The van der Waals surface area contributed by atoms with Gasteiger partial charge in [-0.1, -0.05) is 78.2 Å². The van der Waals surface area contributed by atoms with Crippen molar-refractivity contribution in [1.29, 1.82) is 0 Å². The number of benzene rings is 3. The quantitative estimate of drug-likeness (QED) is 0.305. The predicted molar refractivity (Wildman–Crippen MR) is 157 cm³/mol. The van der Waals surface area contributed by atoms with Crippen molar-refractivity contribution in [3.05, 3.63) is 94.0 Å². The maximum absolute atomic E-state index is 13.9. The van der Waals surface area contributed by atoms with Crippen molar-refractivity contribution in [3.63, 3.8) is 0 Å². The number of nitrogens with one attached hydrogen (secondary N) is 1. The molecule has 39 heavy (non-hydrogen) atoms. The fraction of sp³-hybridized carbons (Fsp3) is 0.310. The molecule has 3 aromatic carbocycles. The molecule has 0 bridgehead atoms. The lowest BCUT2D eigenvalue weighted by atomic mass is 10.1. The van der Waals surface area contributed by atoms with Crippen LogP contribution in [0.5, 0.6) is 0 Å². The summed E-state index contributed by atoms with van der Waals surface area (Å²) < 4.78 is 28.6. The van der Waals surface area contributed by atoms with Crippen molar-refractivity contribution in [2.24, 2.45) is 0 Å². The van der Waals surface area contributed by atoms with Crippen LogP contribution < -0.4 is 9.62 Å². The molecule has 0 saturated heterocycles. The Morgan fingerprint density at radius 2 is 1.64 bits per heavy atom. The molecule has 0 heterocycles. The first-order valence-electron chi connectivity index (χ1n) is 12.6. The van der Waals surface area contributed by atoms with Crippen LogP contribution in [0.2, 0.25) is 10.0 Å². The molecule has 0 saturated carbocycles. The van der Waals surface area contributed by atoms with Crippen LogP contribution in [0.4, 0.5) is 5.69 Å². The molecule has 0 aliphatic carbocycles. The molecule has 10 heteroatoms. The lowest BCUT2D eigenvalue weighted by Crippen LogP contribution is -2.52. The Labute approximate surface area is 240 Å². The third kappa shape index (κ3) is 7.75. The first-order valence-corrected chi connectivity index (χ1v) is 14.8. The van der Waals surface area contributed by atoms with Gasteiger partial charge in [-0.25, -0.2) is 8.42 Å². The van der Waals surface area contributed by atoms with Crippen LogP contribution in [-0.4, -0.2) is 43.8 Å². The van der Waals surface area contributed by atoms with Gasteiger partial charge in [0.1, 0.15) is 12.6 Å². The van der Waals surface area contributed by atoms with E-state index < -0.39 is 28.5 Å². The second-order valence-corrected chi connectivity index (χ2v) is 12.1. The number of halogens is 2. The molecule has 0 aromatic heterocycles. The minimum absolute atomic E-state index is 0.00314. The summed E-state index contributed by atoms with van der Waals surface area (Å²) in [4.78, 5) is 28.4. The minimum atomic E-state index is -4.21. The second-order valence-electron chi connectivity index (χ2n) is 9.43. The fourth-order valence-corrected chi connectivity index (χ4v) is 5.99. The molecule has 7 nitrogen and oxygen atoms in total. The monoisotopic (exact) mass is 589 g/mol. The van der Waals surface area contributed by atoms with Crippen LogP contribution in [0.1, 0.15) is 38.3 Å². The molecule has 0 spiro atoms. The van der Waals surface area contributed by atoms with E-state index >= 15 is 0 Å². The van der Waals surface area contributed by atoms with E-state index in [1.807, 2.05) is 45.0 Å². The molecule has 1 N–H and O–H groups in total. The highest BCUT2D eigenvalue weighted by Crippen LogP contribution is 2.33. The summed E-state index contributed by atoms with van der Waals surface area (Å²) in [5.74, 6) is -0.888. The molecule has 2 amide bonds. The van der Waals surface area contributed by atoms with Crippen LogP contribution in [0, 0.1) is 6.92 Å². The van der Waals surface area contributed by atoms with Gasteiger partial charge in [0.2, 0.25) is 11.8 Å². The maximum Gasteiger partial charge on any atom is 0.264 e. The van der Waals surface area contributed by atoms with Crippen molar-refractivity contribution in [2.75, 3.05) is 10.8 Å². The number of carbonyl (C=O) groups excluding carboxylic acids is 2. The van der Waals surface area contributed by atoms with Crippen LogP contribution in [0.3, 0.4) is 0 Å². The SMILES string of the molecule is CC[C@H](C)NC(=O)[C@@H](C)N(Cc1cccc(C)c1)C(=O)CN(c1ccc(Cl)cc1Cl)S(=O)(=O)c1ccccc1. The van der Waals surface area contributed by atoms with E-state index in [-0.39, 0.29) is 34.1 Å². The number of sulfonamides is 1. The molecular weight excluding hydrogens is 557 g/mol. The molecular formula is C29H33Cl2N3O4S. The second kappa shape index (κ2) is 13.3. The van der Waals surface area contributed by atoms with E-state index in [0.717, 1.165) is 21.9 Å². The van der Waals surface area contributed by atoms with Gasteiger partial charge in [0.25, 0.3) is 10.0 Å². The Kier molecular flexibility index (Phi) is 10.4. The summed E-state index contributed by atoms with van der Waals surface area (Å²) in [5.41, 5.74) is 1.91. The Balaban J connectivity index is 2.05. The first kappa shape index (κ1) is 30.5. The third-order valence-corrected chi connectivity index (χ3v) is 8.70. The third-order valence-electron chi connectivity index (χ3n) is 6.39. The molecule has 0 unspecified atom stereocenters. The Hall–Kier alpha value is -3.07. The lowest BCUT2D eigenvalue weighted by Gasteiger charge is -2.32. The van der Waals surface area contributed by atoms with Crippen LogP contribution >= 0.6 is 23.2 Å². The van der Waals surface area contributed by atoms with Gasteiger partial charge >= 0.3 is 0 Å². The van der Waals surface area contributed by atoms with Gasteiger partial charge in [-0.2, -0.15) is 0 Å². The molecule has 0 aliphatic heterocycles. The Morgan fingerprint density at radius 3 is 2.26 bits per heavy atom. The van der Waals surface area contributed by atoms with Gasteiger partial charge in [-0.15, -0.1) is 0 Å². The number of hydrogen-bond donors (Lipinski definition) is 1. The molecule has 2 atom stereocenters. The van der Waals surface area contributed by atoms with Crippen molar-refractivity contribution >= 4 is 50.7 Å². The average molecular weight is 591 g/mol. The summed E-state index contributed by atoms with van der Waals surface area (Å²) in [6.45, 7) is 6.94. The van der Waals surface area contributed by atoms with E-state index in [4.69, 9.17) is 23.2 Å². The molecule has 3 rings (SSSR count). The fourth-order valence-electron chi connectivity index (χ4n) is 3.97. The van der Waals surface area contributed by atoms with Crippen molar-refractivity contribution in [3.8, 4) is 0 Å². The largest absolute Gasteiger partial charge is 0.352 e. The zero-order valence-corrected chi connectivity index (χ0v) is 24.7. The average Bonchev–Trinajstić information content (AvgIpc) is 2.90. The summed E-state index contributed by atoms with van der Waals surface area (Å²) in [5, 5.41) is 3.31. The highest BCUT2D eigenvalue weighted by atomic mass is 35.5. The van der Waals surface area contributed by atoms with E-state index in [1.54, 1.807) is 25.1 Å². The van der Waals surface area contributed by atoms with E-state index in [0.29, 0.717) is 5.02 Å². The molecule has 0 radical (unpaired) electrons. The number of rotatable bonds is 11. The molecule has 208 valence electrons. The van der Waals surface area contributed by atoms with Gasteiger partial charge in [-0.05, 0) is 63.1 Å². The predicted octanol–water partition coefficient (Wildman–Crippen LogP) is 5.83. The van der Waals surface area contributed by atoms with Gasteiger partial charge < -0.3 is 10.2 Å². The van der Waals surface area contributed by atoms with Crippen LogP contribution in [0.15, 0.2) is 77.7 Å². The maximum atomic E-state index is 13.9. The number of anilines is 1. The number of aryl methyl sites for hydroxylation is 1. The minimum Gasteiger partial charge on any atom is -0.352 e. The Morgan fingerprint density at radius 1 is 0.949 bits per heavy atom. The Bertz CT molecular complexity index is 1420. The number of carbonyl (C=O) groups is 2. The van der Waals surface area contributed by atoms with Crippen molar-refractivity contribution in [1.82, 2.24) is 10.2 Å². The highest BCUT2D eigenvalue weighted by Gasteiger charge is 2.33. The summed E-state index contributed by atoms with van der Waals surface area (Å²) in [7, 11) is -4.21. The van der Waals surface area contributed by atoms with Gasteiger partial charge in [0.05, 0.1) is 15.6 Å². The summed E-state index contributed by atoms with van der Waals surface area (Å²) >= 11 is 12.5. The number of nitrogens with zero attached hydrogens (tertiary/aromatic N) is 2. The van der Waals surface area contributed by atoms with Crippen LogP contribution in [-0.2, 0) is 26.2 Å². The van der Waals surface area contributed by atoms with Gasteiger partial charge in [-0.3, -0.25) is 13.9 Å². The lowest BCUT2D eigenvalue weighted by molar-refractivity contribution is -0.139. The zero-order chi connectivity index (χ0) is 28.7.